The monoisotopic (exact) mass is 297 g/mol. The molecule has 1 amide bonds. The van der Waals surface area contributed by atoms with E-state index in [-0.39, 0.29) is 11.9 Å². The summed E-state index contributed by atoms with van der Waals surface area (Å²) in [5.74, 6) is -0.259. The number of nitrogens with one attached hydrogen (secondary N) is 1. The van der Waals surface area contributed by atoms with E-state index in [2.05, 4.69) is 5.32 Å². The van der Waals surface area contributed by atoms with Gasteiger partial charge in [0.2, 0.25) is 0 Å². The lowest BCUT2D eigenvalue weighted by atomic mass is 10.2. The molecule has 0 aliphatic heterocycles. The molecule has 0 aliphatic carbocycles. The van der Waals surface area contributed by atoms with E-state index in [0.29, 0.717) is 30.2 Å². The molecule has 0 fully saturated rings. The Kier molecular flexibility index (Phi) is 7.73. The smallest absolute Gasteiger partial charge is 0.305 e. The highest BCUT2D eigenvalue weighted by Gasteiger charge is 2.04. The number of ether oxygens (including phenoxy) is 1. The van der Waals surface area contributed by atoms with Crippen LogP contribution in [0.25, 0.3) is 0 Å². The number of unbranched alkanes of at least 4 members (excludes halogenated alkanes) is 2. The highest BCUT2D eigenvalue weighted by molar-refractivity contribution is 6.30. The van der Waals surface area contributed by atoms with Crippen molar-refractivity contribution in [2.75, 3.05) is 13.2 Å². The predicted octanol–water partition coefficient (Wildman–Crippen LogP) is 3.19. The topological polar surface area (TPSA) is 55.4 Å². The van der Waals surface area contributed by atoms with E-state index in [9.17, 15) is 9.59 Å². The van der Waals surface area contributed by atoms with E-state index in [4.69, 9.17) is 16.3 Å². The van der Waals surface area contributed by atoms with Crippen LogP contribution in [0.3, 0.4) is 0 Å². The van der Waals surface area contributed by atoms with Gasteiger partial charge in [-0.2, -0.15) is 0 Å². The van der Waals surface area contributed by atoms with Crippen molar-refractivity contribution in [3.8, 4) is 0 Å². The Morgan fingerprint density at radius 3 is 2.50 bits per heavy atom. The molecule has 0 spiro atoms. The van der Waals surface area contributed by atoms with Gasteiger partial charge in [-0.25, -0.2) is 0 Å². The second kappa shape index (κ2) is 9.37. The maximum Gasteiger partial charge on any atom is 0.305 e. The van der Waals surface area contributed by atoms with Crippen LogP contribution in [0, 0.1) is 0 Å². The third kappa shape index (κ3) is 6.57. The lowest BCUT2D eigenvalue weighted by molar-refractivity contribution is -0.143. The molecule has 1 aromatic carbocycles. The Bertz CT molecular complexity index is 431. The van der Waals surface area contributed by atoms with Gasteiger partial charge in [0.25, 0.3) is 5.91 Å². The van der Waals surface area contributed by atoms with E-state index >= 15 is 0 Å². The minimum atomic E-state index is -0.155. The zero-order chi connectivity index (χ0) is 14.8. The van der Waals surface area contributed by atoms with Gasteiger partial charge in [-0.05, 0) is 44.0 Å². The van der Waals surface area contributed by atoms with Crippen LogP contribution in [0.4, 0.5) is 0 Å². The fourth-order valence-electron chi connectivity index (χ4n) is 1.71. The molecule has 1 rings (SSSR count). The van der Waals surface area contributed by atoms with Crippen molar-refractivity contribution < 1.29 is 14.3 Å². The molecule has 0 unspecified atom stereocenters. The number of benzene rings is 1. The molecule has 0 heterocycles. The van der Waals surface area contributed by atoms with Crippen LogP contribution >= 0.6 is 11.6 Å². The van der Waals surface area contributed by atoms with Crippen molar-refractivity contribution >= 4 is 23.5 Å². The number of amides is 1. The zero-order valence-electron chi connectivity index (χ0n) is 11.7. The highest BCUT2D eigenvalue weighted by atomic mass is 35.5. The maximum atomic E-state index is 11.8. The molecule has 4 nitrogen and oxygen atoms in total. The third-order valence-corrected chi connectivity index (χ3v) is 3.01. The number of halogens is 1. The van der Waals surface area contributed by atoms with Crippen LogP contribution in [0.1, 0.15) is 43.0 Å². The minimum Gasteiger partial charge on any atom is -0.466 e. The fourth-order valence-corrected chi connectivity index (χ4v) is 1.84. The number of hydrogen-bond donors (Lipinski definition) is 1. The first-order valence-corrected chi connectivity index (χ1v) is 7.20. The van der Waals surface area contributed by atoms with Crippen molar-refractivity contribution in [3.05, 3.63) is 34.9 Å². The highest BCUT2D eigenvalue weighted by Crippen LogP contribution is 2.09. The summed E-state index contributed by atoms with van der Waals surface area (Å²) < 4.78 is 4.83. The van der Waals surface area contributed by atoms with Crippen molar-refractivity contribution in [3.63, 3.8) is 0 Å². The van der Waals surface area contributed by atoms with Crippen LogP contribution in [0.2, 0.25) is 5.02 Å². The van der Waals surface area contributed by atoms with Gasteiger partial charge in [0.15, 0.2) is 0 Å². The Labute approximate surface area is 124 Å². The molecule has 0 saturated carbocycles. The Morgan fingerprint density at radius 1 is 1.15 bits per heavy atom. The molecule has 0 aromatic heterocycles. The summed E-state index contributed by atoms with van der Waals surface area (Å²) in [5.41, 5.74) is 0.598. The van der Waals surface area contributed by atoms with Gasteiger partial charge < -0.3 is 10.1 Å². The summed E-state index contributed by atoms with van der Waals surface area (Å²) in [6, 6.07) is 6.77. The molecule has 0 aliphatic rings. The Hall–Kier alpha value is -1.55. The van der Waals surface area contributed by atoms with E-state index in [1.807, 2.05) is 0 Å². The number of rotatable bonds is 8. The summed E-state index contributed by atoms with van der Waals surface area (Å²) in [4.78, 5) is 22.8. The lowest BCUT2D eigenvalue weighted by Gasteiger charge is -2.05. The lowest BCUT2D eigenvalue weighted by Crippen LogP contribution is -2.24. The van der Waals surface area contributed by atoms with Gasteiger partial charge in [0, 0.05) is 23.6 Å². The zero-order valence-corrected chi connectivity index (χ0v) is 12.4. The van der Waals surface area contributed by atoms with Crippen LogP contribution in [-0.2, 0) is 9.53 Å². The molecule has 20 heavy (non-hydrogen) atoms. The van der Waals surface area contributed by atoms with Crippen molar-refractivity contribution in [1.29, 1.82) is 0 Å². The molecular formula is C15H20ClNO3. The number of esters is 1. The summed E-state index contributed by atoms with van der Waals surface area (Å²) in [6.07, 6.45) is 2.97. The Morgan fingerprint density at radius 2 is 1.85 bits per heavy atom. The van der Waals surface area contributed by atoms with Crippen LogP contribution < -0.4 is 5.32 Å². The Balaban J connectivity index is 2.10. The normalized spacial score (nSPS) is 10.1. The molecule has 0 atom stereocenters. The number of carbonyl (C=O) groups excluding carboxylic acids is 2. The van der Waals surface area contributed by atoms with Crippen molar-refractivity contribution in [2.24, 2.45) is 0 Å². The summed E-state index contributed by atoms with van der Waals surface area (Å²) in [6.45, 7) is 2.82. The van der Waals surface area contributed by atoms with E-state index in [0.717, 1.165) is 19.3 Å². The van der Waals surface area contributed by atoms with E-state index < -0.39 is 0 Å². The second-order valence-electron chi connectivity index (χ2n) is 4.38. The maximum absolute atomic E-state index is 11.8. The first kappa shape index (κ1) is 16.5. The summed E-state index contributed by atoms with van der Waals surface area (Å²) >= 11 is 5.76. The van der Waals surface area contributed by atoms with E-state index in [1.54, 1.807) is 31.2 Å². The van der Waals surface area contributed by atoms with Crippen molar-refractivity contribution in [2.45, 2.75) is 32.6 Å². The van der Waals surface area contributed by atoms with Crippen LogP contribution in [-0.4, -0.2) is 25.0 Å². The van der Waals surface area contributed by atoms with Gasteiger partial charge in [0.05, 0.1) is 6.61 Å². The van der Waals surface area contributed by atoms with Crippen LogP contribution in [0.15, 0.2) is 24.3 Å². The molecule has 0 radical (unpaired) electrons. The molecule has 5 heteroatoms. The molecule has 1 N–H and O–H groups in total. The summed E-state index contributed by atoms with van der Waals surface area (Å²) in [5, 5.41) is 3.45. The quantitative estimate of drug-likeness (QED) is 0.592. The van der Waals surface area contributed by atoms with E-state index in [1.165, 1.54) is 0 Å². The standard InChI is InChI=1S/C15H20ClNO3/c1-2-20-14(18)6-4-3-5-11-17-15(19)12-7-9-13(16)10-8-12/h7-10H,2-6,11H2,1H3,(H,17,19). The predicted molar refractivity (Wildman–Crippen MR) is 78.9 cm³/mol. The first-order chi connectivity index (χ1) is 9.63. The van der Waals surface area contributed by atoms with Gasteiger partial charge in [-0.15, -0.1) is 0 Å². The largest absolute Gasteiger partial charge is 0.466 e. The number of hydrogen-bond acceptors (Lipinski definition) is 3. The van der Waals surface area contributed by atoms with Crippen LogP contribution in [0.5, 0.6) is 0 Å². The molecule has 110 valence electrons. The second-order valence-corrected chi connectivity index (χ2v) is 4.81. The SMILES string of the molecule is CCOC(=O)CCCCCNC(=O)c1ccc(Cl)cc1. The molecule has 0 saturated heterocycles. The molecule has 1 aromatic rings. The number of carbonyl (C=O) groups is 2. The first-order valence-electron chi connectivity index (χ1n) is 6.83. The minimum absolute atomic E-state index is 0.105. The third-order valence-electron chi connectivity index (χ3n) is 2.75. The van der Waals surface area contributed by atoms with Gasteiger partial charge in [-0.1, -0.05) is 18.0 Å². The summed E-state index contributed by atoms with van der Waals surface area (Å²) in [7, 11) is 0. The van der Waals surface area contributed by atoms with Gasteiger partial charge in [0.1, 0.15) is 0 Å². The van der Waals surface area contributed by atoms with Gasteiger partial charge >= 0.3 is 5.97 Å². The molecular weight excluding hydrogens is 278 g/mol. The molecule has 0 bridgehead atoms. The average molecular weight is 298 g/mol. The average Bonchev–Trinajstić information content (AvgIpc) is 2.43. The van der Waals surface area contributed by atoms with Crippen molar-refractivity contribution in [1.82, 2.24) is 5.32 Å². The fraction of sp³-hybridized carbons (Fsp3) is 0.467. The van der Waals surface area contributed by atoms with Gasteiger partial charge in [-0.3, -0.25) is 9.59 Å².